The van der Waals surface area contributed by atoms with Crippen molar-refractivity contribution in [1.82, 2.24) is 0 Å². The summed E-state index contributed by atoms with van der Waals surface area (Å²) in [6, 6.07) is 6.95. The minimum atomic E-state index is -0.124. The maximum absolute atomic E-state index is 12.0. The van der Waals surface area contributed by atoms with Crippen molar-refractivity contribution in [2.24, 2.45) is 17.8 Å². The standard InChI is InChI=1S/C18H19ClO4/c1-11-7-17-16(9-18(21)23-17)15(11)6-5-13(20)10-22-14-4-2-3-12(19)8-14/h2-6,8,11,15-17H,7,9-10H2,1H3/b6-5+. The summed E-state index contributed by atoms with van der Waals surface area (Å²) < 4.78 is 10.7. The molecule has 4 atom stereocenters. The number of halogens is 1. The summed E-state index contributed by atoms with van der Waals surface area (Å²) in [5.41, 5.74) is 0. The van der Waals surface area contributed by atoms with E-state index in [4.69, 9.17) is 21.1 Å². The van der Waals surface area contributed by atoms with Crippen LogP contribution < -0.4 is 4.74 Å². The van der Waals surface area contributed by atoms with Crippen LogP contribution in [0.3, 0.4) is 0 Å². The fraction of sp³-hybridized carbons (Fsp3) is 0.444. The van der Waals surface area contributed by atoms with Crippen molar-refractivity contribution in [1.29, 1.82) is 0 Å². The lowest BCUT2D eigenvalue weighted by atomic mass is 9.88. The average Bonchev–Trinajstić information content (AvgIpc) is 2.98. The fourth-order valence-electron chi connectivity index (χ4n) is 3.49. The van der Waals surface area contributed by atoms with E-state index in [1.807, 2.05) is 6.08 Å². The van der Waals surface area contributed by atoms with Crippen LogP contribution in [0.4, 0.5) is 0 Å². The molecule has 4 unspecified atom stereocenters. The number of ether oxygens (including phenoxy) is 2. The van der Waals surface area contributed by atoms with Gasteiger partial charge in [0.25, 0.3) is 0 Å². The van der Waals surface area contributed by atoms with Gasteiger partial charge in [0.1, 0.15) is 11.9 Å². The van der Waals surface area contributed by atoms with Gasteiger partial charge in [-0.2, -0.15) is 0 Å². The summed E-state index contributed by atoms with van der Waals surface area (Å²) in [5.74, 6) is 1.17. The Morgan fingerprint density at radius 2 is 2.30 bits per heavy atom. The number of hydrogen-bond donors (Lipinski definition) is 0. The van der Waals surface area contributed by atoms with Crippen molar-refractivity contribution in [3.63, 3.8) is 0 Å². The summed E-state index contributed by atoms with van der Waals surface area (Å²) in [6.07, 6.45) is 4.83. The summed E-state index contributed by atoms with van der Waals surface area (Å²) in [4.78, 5) is 23.4. The predicted octanol–water partition coefficient (Wildman–Crippen LogP) is 3.43. The zero-order valence-electron chi connectivity index (χ0n) is 12.9. The lowest BCUT2D eigenvalue weighted by Crippen LogP contribution is -2.15. The SMILES string of the molecule is CC1CC2OC(=O)CC2C1/C=C/C(=O)COc1cccc(Cl)c1. The Morgan fingerprint density at radius 1 is 1.48 bits per heavy atom. The first-order valence-electron chi connectivity index (χ1n) is 7.82. The quantitative estimate of drug-likeness (QED) is 0.611. The maximum atomic E-state index is 12.0. The van der Waals surface area contributed by atoms with Crippen LogP contribution >= 0.6 is 11.6 Å². The molecule has 1 saturated carbocycles. The van der Waals surface area contributed by atoms with E-state index in [2.05, 4.69) is 6.92 Å². The van der Waals surface area contributed by atoms with Crippen LogP contribution in [0, 0.1) is 17.8 Å². The third-order valence-corrected chi connectivity index (χ3v) is 4.83. The normalized spacial score (nSPS) is 29.6. The number of carbonyl (C=O) groups is 2. The molecule has 1 aliphatic carbocycles. The zero-order chi connectivity index (χ0) is 16.4. The Kier molecular flexibility index (Phi) is 4.71. The van der Waals surface area contributed by atoms with Gasteiger partial charge >= 0.3 is 5.97 Å². The molecular weight excluding hydrogens is 316 g/mol. The van der Waals surface area contributed by atoms with Gasteiger partial charge in [-0.05, 0) is 42.5 Å². The third kappa shape index (κ3) is 3.75. The molecule has 0 radical (unpaired) electrons. The van der Waals surface area contributed by atoms with Gasteiger partial charge in [-0.1, -0.05) is 30.7 Å². The second kappa shape index (κ2) is 6.75. The van der Waals surface area contributed by atoms with Gasteiger partial charge in [-0.25, -0.2) is 0 Å². The molecule has 122 valence electrons. The van der Waals surface area contributed by atoms with Crippen LogP contribution in [0.15, 0.2) is 36.4 Å². The molecule has 2 fully saturated rings. The topological polar surface area (TPSA) is 52.6 Å². The van der Waals surface area contributed by atoms with E-state index >= 15 is 0 Å². The first-order valence-corrected chi connectivity index (χ1v) is 8.19. The van der Waals surface area contributed by atoms with E-state index < -0.39 is 0 Å². The minimum Gasteiger partial charge on any atom is -0.485 e. The molecule has 0 bridgehead atoms. The molecule has 0 N–H and O–H groups in total. The molecule has 0 spiro atoms. The molecule has 1 saturated heterocycles. The van der Waals surface area contributed by atoms with E-state index in [1.54, 1.807) is 30.3 Å². The number of hydrogen-bond acceptors (Lipinski definition) is 4. The van der Waals surface area contributed by atoms with Crippen molar-refractivity contribution in [2.45, 2.75) is 25.9 Å². The van der Waals surface area contributed by atoms with Crippen molar-refractivity contribution < 1.29 is 19.1 Å². The summed E-state index contributed by atoms with van der Waals surface area (Å²) >= 11 is 5.87. The second-order valence-electron chi connectivity index (χ2n) is 6.26. The van der Waals surface area contributed by atoms with Gasteiger partial charge in [0.05, 0.1) is 6.42 Å². The molecular formula is C18H19ClO4. The lowest BCUT2D eigenvalue weighted by molar-refractivity contribution is -0.141. The highest BCUT2D eigenvalue weighted by atomic mass is 35.5. The molecule has 0 aromatic heterocycles. The smallest absolute Gasteiger partial charge is 0.306 e. The van der Waals surface area contributed by atoms with Crippen molar-refractivity contribution in [3.05, 3.63) is 41.4 Å². The second-order valence-corrected chi connectivity index (χ2v) is 6.69. The number of rotatable bonds is 5. The lowest BCUT2D eigenvalue weighted by Gasteiger charge is -2.15. The molecule has 1 aliphatic heterocycles. The zero-order valence-corrected chi connectivity index (χ0v) is 13.7. The highest BCUT2D eigenvalue weighted by Gasteiger charge is 2.47. The number of carbonyl (C=O) groups excluding carboxylic acids is 2. The van der Waals surface area contributed by atoms with E-state index in [0.717, 1.165) is 6.42 Å². The largest absolute Gasteiger partial charge is 0.485 e. The van der Waals surface area contributed by atoms with E-state index in [1.165, 1.54) is 0 Å². The Labute approximate surface area is 140 Å². The van der Waals surface area contributed by atoms with Gasteiger partial charge in [-0.15, -0.1) is 0 Å². The maximum Gasteiger partial charge on any atom is 0.306 e. The van der Waals surface area contributed by atoms with Gasteiger partial charge in [0.15, 0.2) is 12.4 Å². The van der Waals surface area contributed by atoms with Crippen molar-refractivity contribution >= 4 is 23.4 Å². The summed E-state index contributed by atoms with van der Waals surface area (Å²) in [7, 11) is 0. The van der Waals surface area contributed by atoms with Crippen LogP contribution in [0.5, 0.6) is 5.75 Å². The molecule has 1 heterocycles. The minimum absolute atomic E-state index is 0.0185. The number of esters is 1. The Morgan fingerprint density at radius 3 is 3.09 bits per heavy atom. The van der Waals surface area contributed by atoms with E-state index in [-0.39, 0.29) is 36.3 Å². The third-order valence-electron chi connectivity index (χ3n) is 4.60. The van der Waals surface area contributed by atoms with E-state index in [0.29, 0.717) is 23.1 Å². The highest BCUT2D eigenvalue weighted by Crippen LogP contribution is 2.45. The first-order chi connectivity index (χ1) is 11.0. The Balaban J connectivity index is 1.55. The summed E-state index contributed by atoms with van der Waals surface area (Å²) in [6.45, 7) is 2.11. The molecule has 1 aromatic rings. The summed E-state index contributed by atoms with van der Waals surface area (Å²) in [5, 5.41) is 0.571. The molecule has 4 nitrogen and oxygen atoms in total. The number of allylic oxidation sites excluding steroid dienone is 1. The number of benzene rings is 1. The highest BCUT2D eigenvalue weighted by molar-refractivity contribution is 6.30. The van der Waals surface area contributed by atoms with Gasteiger partial charge in [0, 0.05) is 10.9 Å². The molecule has 0 amide bonds. The predicted molar refractivity (Wildman–Crippen MR) is 86.4 cm³/mol. The molecule has 5 heteroatoms. The van der Waals surface area contributed by atoms with Gasteiger partial charge in [-0.3, -0.25) is 9.59 Å². The van der Waals surface area contributed by atoms with E-state index in [9.17, 15) is 9.59 Å². The fourth-order valence-corrected chi connectivity index (χ4v) is 3.67. The Hall–Kier alpha value is -1.81. The first kappa shape index (κ1) is 16.1. The van der Waals surface area contributed by atoms with Crippen LogP contribution in [-0.2, 0) is 14.3 Å². The van der Waals surface area contributed by atoms with Crippen molar-refractivity contribution in [2.75, 3.05) is 6.61 Å². The monoisotopic (exact) mass is 334 g/mol. The van der Waals surface area contributed by atoms with Crippen LogP contribution in [0.1, 0.15) is 19.8 Å². The van der Waals surface area contributed by atoms with Gasteiger partial charge in [0.2, 0.25) is 0 Å². The average molecular weight is 335 g/mol. The number of fused-ring (bicyclic) bond motifs is 1. The van der Waals surface area contributed by atoms with Crippen molar-refractivity contribution in [3.8, 4) is 5.75 Å². The van der Waals surface area contributed by atoms with Crippen LogP contribution in [-0.4, -0.2) is 24.5 Å². The molecule has 1 aromatic carbocycles. The van der Waals surface area contributed by atoms with Gasteiger partial charge < -0.3 is 9.47 Å². The van der Waals surface area contributed by atoms with Crippen LogP contribution in [0.2, 0.25) is 5.02 Å². The molecule has 2 aliphatic rings. The Bertz CT molecular complexity index is 640. The number of ketones is 1. The molecule has 3 rings (SSSR count). The van der Waals surface area contributed by atoms with Crippen LogP contribution in [0.25, 0.3) is 0 Å². The molecule has 23 heavy (non-hydrogen) atoms.